The minimum atomic E-state index is -0.699. The molecule has 0 spiro atoms. The predicted molar refractivity (Wildman–Crippen MR) is 79.7 cm³/mol. The van der Waals surface area contributed by atoms with Gasteiger partial charge in [-0.1, -0.05) is 18.2 Å². The Morgan fingerprint density at radius 1 is 1.39 bits per heavy atom. The van der Waals surface area contributed by atoms with Crippen LogP contribution in [0.4, 0.5) is 4.39 Å². The van der Waals surface area contributed by atoms with Crippen molar-refractivity contribution in [2.24, 2.45) is 5.92 Å². The highest BCUT2D eigenvalue weighted by Crippen LogP contribution is 2.36. The maximum atomic E-state index is 14.1. The largest absolute Gasteiger partial charge is 0.468 e. The fraction of sp³-hybridized carbons (Fsp3) is 0.438. The van der Waals surface area contributed by atoms with Gasteiger partial charge in [-0.15, -0.1) is 0 Å². The molecule has 0 aromatic heterocycles. The molecule has 23 heavy (non-hydrogen) atoms. The van der Waals surface area contributed by atoms with E-state index in [0.717, 1.165) is 0 Å². The molecule has 6 nitrogen and oxygen atoms in total. The highest BCUT2D eigenvalue weighted by molar-refractivity contribution is 5.87. The second-order valence-corrected chi connectivity index (χ2v) is 5.41. The number of nitrogens with zero attached hydrogens (tertiary/aromatic N) is 1. The summed E-state index contributed by atoms with van der Waals surface area (Å²) in [7, 11) is 2.78. The summed E-state index contributed by atoms with van der Waals surface area (Å²) in [6.45, 7) is -0.256. The number of methoxy groups -OCH3 is 1. The smallest absolute Gasteiger partial charge is 0.325 e. The van der Waals surface area contributed by atoms with E-state index in [0.29, 0.717) is 12.0 Å². The lowest BCUT2D eigenvalue weighted by molar-refractivity contribution is -0.145. The molecule has 124 valence electrons. The number of esters is 1. The molecule has 1 aromatic rings. The van der Waals surface area contributed by atoms with Crippen molar-refractivity contribution in [3.05, 3.63) is 35.6 Å². The molecule has 1 aliphatic heterocycles. The Hall–Kier alpha value is -2.44. The first-order chi connectivity index (χ1) is 11.0. The number of amides is 2. The summed E-state index contributed by atoms with van der Waals surface area (Å²) in [4.78, 5) is 36.9. The van der Waals surface area contributed by atoms with Crippen molar-refractivity contribution in [2.75, 3.05) is 20.7 Å². The number of hydrogen-bond donors (Lipinski definition) is 1. The molecular formula is C16H19FN2O4. The van der Waals surface area contributed by atoms with Crippen LogP contribution in [0.2, 0.25) is 0 Å². The van der Waals surface area contributed by atoms with Crippen LogP contribution in [0, 0.1) is 11.7 Å². The van der Waals surface area contributed by atoms with E-state index in [4.69, 9.17) is 0 Å². The monoisotopic (exact) mass is 322 g/mol. The maximum absolute atomic E-state index is 14.1. The first-order valence-electron chi connectivity index (χ1n) is 7.30. The number of benzene rings is 1. The van der Waals surface area contributed by atoms with Crippen LogP contribution in [0.15, 0.2) is 24.3 Å². The van der Waals surface area contributed by atoms with Crippen LogP contribution in [0.25, 0.3) is 0 Å². The zero-order chi connectivity index (χ0) is 17.0. The molecule has 0 radical (unpaired) electrons. The van der Waals surface area contributed by atoms with Gasteiger partial charge in [0.15, 0.2) is 0 Å². The molecule has 1 N–H and O–H groups in total. The Morgan fingerprint density at radius 2 is 2.09 bits per heavy atom. The van der Waals surface area contributed by atoms with Crippen molar-refractivity contribution in [1.29, 1.82) is 0 Å². The zero-order valence-electron chi connectivity index (χ0n) is 13.0. The van der Waals surface area contributed by atoms with Crippen LogP contribution >= 0.6 is 0 Å². The van der Waals surface area contributed by atoms with E-state index in [1.165, 1.54) is 18.1 Å². The Bertz CT molecular complexity index is 620. The van der Waals surface area contributed by atoms with Gasteiger partial charge in [-0.3, -0.25) is 14.4 Å². The fourth-order valence-corrected chi connectivity index (χ4v) is 2.82. The van der Waals surface area contributed by atoms with Crippen molar-refractivity contribution >= 4 is 17.8 Å². The number of rotatable bonds is 4. The first kappa shape index (κ1) is 16.9. The molecule has 2 rings (SSSR count). The molecule has 2 amide bonds. The van der Waals surface area contributed by atoms with Gasteiger partial charge in [-0.2, -0.15) is 0 Å². The number of halogens is 1. The molecule has 0 saturated carbocycles. The average molecular weight is 322 g/mol. The molecule has 2 unspecified atom stereocenters. The molecule has 1 aromatic carbocycles. The van der Waals surface area contributed by atoms with Gasteiger partial charge in [0, 0.05) is 19.0 Å². The second-order valence-electron chi connectivity index (χ2n) is 5.41. The highest BCUT2D eigenvalue weighted by Gasteiger charge is 2.40. The molecule has 0 bridgehead atoms. The predicted octanol–water partition coefficient (Wildman–Crippen LogP) is 1.02. The van der Waals surface area contributed by atoms with Gasteiger partial charge in [0.2, 0.25) is 11.8 Å². The van der Waals surface area contributed by atoms with Crippen molar-refractivity contribution in [3.63, 3.8) is 0 Å². The molecular weight excluding hydrogens is 303 g/mol. The molecule has 1 aliphatic rings. The van der Waals surface area contributed by atoms with Gasteiger partial charge in [0.05, 0.1) is 19.1 Å². The summed E-state index contributed by atoms with van der Waals surface area (Å²) in [6, 6.07) is 5.38. The van der Waals surface area contributed by atoms with Crippen molar-refractivity contribution in [1.82, 2.24) is 10.2 Å². The zero-order valence-corrected chi connectivity index (χ0v) is 13.0. The normalized spacial score (nSPS) is 21.0. The van der Waals surface area contributed by atoms with E-state index in [1.807, 2.05) is 0 Å². The molecule has 1 saturated heterocycles. The van der Waals surface area contributed by atoms with Crippen LogP contribution in [0.1, 0.15) is 24.4 Å². The first-order valence-corrected chi connectivity index (χ1v) is 7.30. The standard InChI is InChI=1S/C16H19FN2O4/c1-19-13(20)8-7-11(16(22)18-9-14(21)23-2)15(19)10-5-3-4-6-12(10)17/h3-6,11,15H,7-9H2,1-2H3,(H,18,22). The highest BCUT2D eigenvalue weighted by atomic mass is 19.1. The topological polar surface area (TPSA) is 75.7 Å². The van der Waals surface area contributed by atoms with Crippen LogP contribution in [-0.4, -0.2) is 43.4 Å². The number of carbonyl (C=O) groups is 3. The minimum Gasteiger partial charge on any atom is -0.468 e. The quantitative estimate of drug-likeness (QED) is 0.840. The third-order valence-corrected chi connectivity index (χ3v) is 4.06. The third-order valence-electron chi connectivity index (χ3n) is 4.06. The van der Waals surface area contributed by atoms with E-state index in [9.17, 15) is 18.8 Å². The lowest BCUT2D eigenvalue weighted by atomic mass is 9.83. The SMILES string of the molecule is COC(=O)CNC(=O)C1CCC(=O)N(C)C1c1ccccc1F. The van der Waals surface area contributed by atoms with Gasteiger partial charge >= 0.3 is 5.97 Å². The molecule has 7 heteroatoms. The minimum absolute atomic E-state index is 0.143. The third kappa shape index (κ3) is 3.67. The van der Waals surface area contributed by atoms with Crippen LogP contribution in [-0.2, 0) is 19.1 Å². The van der Waals surface area contributed by atoms with Gasteiger partial charge in [0.1, 0.15) is 12.4 Å². The Kier molecular flexibility index (Phi) is 5.31. The van der Waals surface area contributed by atoms with Crippen molar-refractivity contribution < 1.29 is 23.5 Å². The molecule has 2 atom stereocenters. The molecule has 1 fully saturated rings. The van der Waals surface area contributed by atoms with Gasteiger partial charge < -0.3 is 15.0 Å². The molecule has 0 aliphatic carbocycles. The van der Waals surface area contributed by atoms with Gasteiger partial charge in [-0.05, 0) is 12.5 Å². The van der Waals surface area contributed by atoms with Crippen LogP contribution in [0.3, 0.4) is 0 Å². The number of piperidine rings is 1. The summed E-state index contributed by atoms with van der Waals surface area (Å²) in [5.74, 6) is -2.21. The summed E-state index contributed by atoms with van der Waals surface area (Å²) in [5.41, 5.74) is 0.293. The Morgan fingerprint density at radius 3 is 2.74 bits per heavy atom. The van der Waals surface area contributed by atoms with E-state index in [2.05, 4.69) is 10.1 Å². The summed E-state index contributed by atoms with van der Waals surface area (Å²) in [6.07, 6.45) is 0.507. The number of hydrogen-bond acceptors (Lipinski definition) is 4. The summed E-state index contributed by atoms with van der Waals surface area (Å²) in [5, 5.41) is 2.48. The average Bonchev–Trinajstić information content (AvgIpc) is 2.55. The van der Waals surface area contributed by atoms with Gasteiger partial charge in [-0.25, -0.2) is 4.39 Å². The molecule has 1 heterocycles. The number of nitrogens with one attached hydrogen (secondary N) is 1. The number of likely N-dealkylation sites (tertiary alicyclic amines) is 1. The lowest BCUT2D eigenvalue weighted by Crippen LogP contribution is -2.47. The Labute approximate surface area is 133 Å². The van der Waals surface area contributed by atoms with E-state index < -0.39 is 29.7 Å². The van der Waals surface area contributed by atoms with E-state index >= 15 is 0 Å². The van der Waals surface area contributed by atoms with Crippen LogP contribution < -0.4 is 5.32 Å². The fourth-order valence-electron chi connectivity index (χ4n) is 2.82. The summed E-state index contributed by atoms with van der Waals surface area (Å²) < 4.78 is 18.6. The lowest BCUT2D eigenvalue weighted by Gasteiger charge is -2.38. The second kappa shape index (κ2) is 7.21. The van der Waals surface area contributed by atoms with Gasteiger partial charge in [0.25, 0.3) is 0 Å². The van der Waals surface area contributed by atoms with E-state index in [1.54, 1.807) is 25.2 Å². The number of ether oxygens (including phenoxy) is 1. The van der Waals surface area contributed by atoms with Crippen molar-refractivity contribution in [2.45, 2.75) is 18.9 Å². The Balaban J connectivity index is 2.25. The number of carbonyl (C=O) groups excluding carboxylic acids is 3. The van der Waals surface area contributed by atoms with Crippen LogP contribution in [0.5, 0.6) is 0 Å². The van der Waals surface area contributed by atoms with E-state index in [-0.39, 0.29) is 18.9 Å². The maximum Gasteiger partial charge on any atom is 0.325 e. The summed E-state index contributed by atoms with van der Waals surface area (Å²) >= 11 is 0. The van der Waals surface area contributed by atoms with Crippen molar-refractivity contribution in [3.8, 4) is 0 Å².